The molecule has 3 aliphatic rings. The Kier molecular flexibility index (Phi) is 5.57. The molecule has 1 saturated heterocycles. The fourth-order valence-electron chi connectivity index (χ4n) is 5.80. The largest absolute Gasteiger partial charge is 0.274 e. The Balaban J connectivity index is 1.49. The summed E-state index contributed by atoms with van der Waals surface area (Å²) in [6, 6.07) is 16.6. The van der Waals surface area contributed by atoms with Gasteiger partial charge in [0.1, 0.15) is 11.5 Å². The number of hydrogen-bond donors (Lipinski definition) is 0. The van der Waals surface area contributed by atoms with Crippen LogP contribution in [0, 0.1) is 41.1 Å². The van der Waals surface area contributed by atoms with Gasteiger partial charge in [0.25, 0.3) is 0 Å². The molecule has 6 rings (SSSR count). The topological polar surface area (TPSA) is 37.4 Å². The lowest BCUT2D eigenvalue weighted by molar-refractivity contribution is -0.123. The van der Waals surface area contributed by atoms with Crippen LogP contribution in [0.1, 0.15) is 11.1 Å². The third-order valence-electron chi connectivity index (χ3n) is 7.18. The van der Waals surface area contributed by atoms with Crippen molar-refractivity contribution in [3.05, 3.63) is 116 Å². The highest BCUT2D eigenvalue weighted by Gasteiger charge is 2.63. The van der Waals surface area contributed by atoms with Crippen molar-refractivity contribution < 1.29 is 22.8 Å². The van der Waals surface area contributed by atoms with E-state index in [9.17, 15) is 22.8 Å². The van der Waals surface area contributed by atoms with Gasteiger partial charge in [-0.3, -0.25) is 9.59 Å². The second kappa shape index (κ2) is 8.56. The summed E-state index contributed by atoms with van der Waals surface area (Å²) in [6.07, 6.45) is 3.82. The van der Waals surface area contributed by atoms with Gasteiger partial charge in [0.15, 0.2) is 11.6 Å². The van der Waals surface area contributed by atoms with Gasteiger partial charge >= 0.3 is 0 Å². The summed E-state index contributed by atoms with van der Waals surface area (Å²) in [5.41, 5.74) is 2.92. The van der Waals surface area contributed by atoms with Crippen molar-refractivity contribution in [3.8, 4) is 0 Å². The molecule has 1 heterocycles. The third-order valence-corrected chi connectivity index (χ3v) is 8.23. The van der Waals surface area contributed by atoms with E-state index in [1.807, 2.05) is 60.7 Å². The van der Waals surface area contributed by atoms with Crippen molar-refractivity contribution in [1.82, 2.24) is 0 Å². The molecule has 2 amide bonds. The Bertz CT molecular complexity index is 1390. The quantitative estimate of drug-likeness (QED) is 0.234. The minimum Gasteiger partial charge on any atom is -0.274 e. The zero-order chi connectivity index (χ0) is 25.3. The van der Waals surface area contributed by atoms with Crippen LogP contribution in [0.5, 0.6) is 0 Å². The number of imide groups is 1. The minimum atomic E-state index is -1.28. The highest BCUT2D eigenvalue weighted by atomic mass is 79.9. The van der Waals surface area contributed by atoms with Crippen molar-refractivity contribution in [2.24, 2.45) is 23.7 Å². The van der Waals surface area contributed by atoms with Crippen molar-refractivity contribution >= 4 is 54.9 Å². The van der Waals surface area contributed by atoms with Gasteiger partial charge in [0.05, 0.1) is 11.8 Å². The van der Waals surface area contributed by atoms with E-state index in [0.29, 0.717) is 17.0 Å². The highest BCUT2D eigenvalue weighted by molar-refractivity contribution is 9.10. The predicted molar refractivity (Wildman–Crippen MR) is 136 cm³/mol. The molecule has 2 aliphatic carbocycles. The molecule has 1 aliphatic heterocycles. The number of amides is 2. The van der Waals surface area contributed by atoms with Crippen molar-refractivity contribution in [2.75, 3.05) is 4.90 Å². The van der Waals surface area contributed by atoms with Crippen LogP contribution in [0.2, 0.25) is 0 Å². The second-order valence-corrected chi connectivity index (χ2v) is 10.9. The van der Waals surface area contributed by atoms with Crippen molar-refractivity contribution in [3.63, 3.8) is 0 Å². The Morgan fingerprint density at radius 3 is 1.53 bits per heavy atom. The number of benzene rings is 3. The Morgan fingerprint density at radius 2 is 1.11 bits per heavy atom. The van der Waals surface area contributed by atoms with Crippen LogP contribution in [0.3, 0.4) is 0 Å². The molecule has 2 bridgehead atoms. The lowest BCUT2D eigenvalue weighted by Crippen LogP contribution is -2.34. The average Bonchev–Trinajstić information content (AvgIpc) is 3.46. The third kappa shape index (κ3) is 3.45. The molecule has 2 fully saturated rings. The van der Waals surface area contributed by atoms with Gasteiger partial charge < -0.3 is 0 Å². The van der Waals surface area contributed by atoms with E-state index in [-0.39, 0.29) is 0 Å². The van der Waals surface area contributed by atoms with Crippen LogP contribution < -0.4 is 4.90 Å². The maximum atomic E-state index is 14.5. The molecule has 0 radical (unpaired) electrons. The number of carbonyl (C=O) groups is 2. The lowest BCUT2D eigenvalue weighted by Gasteiger charge is -2.22. The van der Waals surface area contributed by atoms with Crippen LogP contribution >= 0.6 is 31.9 Å². The van der Waals surface area contributed by atoms with Gasteiger partial charge in [-0.1, -0.05) is 68.3 Å². The maximum absolute atomic E-state index is 14.5. The van der Waals surface area contributed by atoms with Crippen LogP contribution in [0.25, 0.3) is 5.57 Å². The normalized spacial score (nSPS) is 24.1. The fourth-order valence-corrected chi connectivity index (χ4v) is 6.33. The van der Waals surface area contributed by atoms with Gasteiger partial charge in [0, 0.05) is 32.9 Å². The van der Waals surface area contributed by atoms with Crippen LogP contribution in [0.4, 0.5) is 18.9 Å². The number of allylic oxidation sites excluding steroid dienone is 3. The second-order valence-electron chi connectivity index (χ2n) is 9.06. The smallest absolute Gasteiger partial charge is 0.238 e. The van der Waals surface area contributed by atoms with E-state index in [2.05, 4.69) is 31.9 Å². The summed E-state index contributed by atoms with van der Waals surface area (Å²) in [5.74, 6) is -7.41. The summed E-state index contributed by atoms with van der Waals surface area (Å²) in [7, 11) is 0. The van der Waals surface area contributed by atoms with E-state index in [1.54, 1.807) is 0 Å². The molecule has 0 spiro atoms. The minimum absolute atomic E-state index is 0.407. The monoisotopic (exact) mass is 613 g/mol. The molecule has 3 aromatic rings. The zero-order valence-electron chi connectivity index (χ0n) is 18.4. The van der Waals surface area contributed by atoms with Crippen LogP contribution in [-0.4, -0.2) is 11.8 Å². The molecule has 3 nitrogen and oxygen atoms in total. The highest BCUT2D eigenvalue weighted by Crippen LogP contribution is 2.59. The molecule has 4 atom stereocenters. The summed E-state index contributed by atoms with van der Waals surface area (Å²) >= 11 is 6.93. The van der Waals surface area contributed by atoms with E-state index in [1.165, 1.54) is 0 Å². The molecule has 180 valence electrons. The molecule has 36 heavy (non-hydrogen) atoms. The fraction of sp³-hybridized carbons (Fsp3) is 0.143. The van der Waals surface area contributed by atoms with Crippen molar-refractivity contribution in [1.29, 1.82) is 0 Å². The zero-order valence-corrected chi connectivity index (χ0v) is 21.6. The first-order valence-electron chi connectivity index (χ1n) is 11.2. The van der Waals surface area contributed by atoms with E-state index >= 15 is 0 Å². The molecule has 0 N–H and O–H groups in total. The summed E-state index contributed by atoms with van der Waals surface area (Å²) in [5, 5.41) is 0. The van der Waals surface area contributed by atoms with Crippen LogP contribution in [0.15, 0.2) is 87.3 Å². The number of halogens is 5. The van der Waals surface area contributed by atoms with Gasteiger partial charge in [-0.2, -0.15) is 0 Å². The van der Waals surface area contributed by atoms with Crippen molar-refractivity contribution in [2.45, 2.75) is 0 Å². The molecule has 4 unspecified atom stereocenters. The SMILES string of the molecule is O=C1C2C3C=CC(C3=C(c3ccc(Br)cc3)c3ccc(Br)cc3)C2C(=O)N1c1c(F)cc(F)cc1F. The van der Waals surface area contributed by atoms with Gasteiger partial charge in [0.2, 0.25) is 11.8 Å². The van der Waals surface area contributed by atoms with E-state index < -0.39 is 58.6 Å². The summed E-state index contributed by atoms with van der Waals surface area (Å²) < 4.78 is 44.4. The summed E-state index contributed by atoms with van der Waals surface area (Å²) in [6.45, 7) is 0. The van der Waals surface area contributed by atoms with E-state index in [0.717, 1.165) is 31.2 Å². The average molecular weight is 615 g/mol. The molecular formula is C28H16Br2F3NO2. The van der Waals surface area contributed by atoms with Crippen LogP contribution in [-0.2, 0) is 9.59 Å². The molecule has 1 saturated carbocycles. The Hall–Kier alpha value is -2.97. The Labute approximate surface area is 221 Å². The molecular weight excluding hydrogens is 599 g/mol. The van der Waals surface area contributed by atoms with Gasteiger partial charge in [-0.15, -0.1) is 0 Å². The lowest BCUT2D eigenvalue weighted by atomic mass is 9.85. The number of hydrogen-bond acceptors (Lipinski definition) is 2. The first-order valence-corrected chi connectivity index (χ1v) is 12.8. The van der Waals surface area contributed by atoms with E-state index in [4.69, 9.17) is 0 Å². The first kappa shape index (κ1) is 23.4. The Morgan fingerprint density at radius 1 is 0.694 bits per heavy atom. The van der Waals surface area contributed by atoms with Gasteiger partial charge in [-0.05, 0) is 46.5 Å². The molecule has 0 aromatic heterocycles. The molecule has 8 heteroatoms. The molecule has 3 aromatic carbocycles. The number of nitrogens with zero attached hydrogens (tertiary/aromatic N) is 1. The maximum Gasteiger partial charge on any atom is 0.238 e. The summed E-state index contributed by atoms with van der Waals surface area (Å²) in [4.78, 5) is 27.6. The number of anilines is 1. The van der Waals surface area contributed by atoms with Gasteiger partial charge in [-0.25, -0.2) is 18.1 Å². The number of fused-ring (bicyclic) bond motifs is 5. The predicted octanol–water partition coefficient (Wildman–Crippen LogP) is 7.05. The number of carbonyl (C=O) groups excluding carboxylic acids is 2. The number of rotatable bonds is 3. The first-order chi connectivity index (χ1) is 17.3. The standard InChI is InChI=1S/C28H16Br2F3NO2/c29-15-5-1-13(2-6-15)22(14-3-7-16(30)8-4-14)23-18-9-10-19(23)25-24(18)27(35)34(28(25)36)26-20(32)11-17(31)12-21(26)33/h1-12,18-19,24-25H.